The van der Waals surface area contributed by atoms with Gasteiger partial charge in [-0.25, -0.2) is 4.79 Å². The second kappa shape index (κ2) is 7.28. The molecule has 0 saturated heterocycles. The molecule has 0 radical (unpaired) electrons. The summed E-state index contributed by atoms with van der Waals surface area (Å²) >= 11 is 8.94. The van der Waals surface area contributed by atoms with Gasteiger partial charge in [0.2, 0.25) is 0 Å². The fourth-order valence-electron chi connectivity index (χ4n) is 1.50. The van der Waals surface area contributed by atoms with Crippen LogP contribution in [-0.2, 0) is 9.53 Å². The fourth-order valence-corrected chi connectivity index (χ4v) is 2.41. The Morgan fingerprint density at radius 2 is 2.15 bits per heavy atom. The molecule has 8 heteroatoms. The van der Waals surface area contributed by atoms with Crippen LogP contribution in [0, 0.1) is 0 Å². The highest BCUT2D eigenvalue weighted by atomic mass is 79.9. The lowest BCUT2D eigenvalue weighted by atomic mass is 10.1. The molecule has 0 aliphatic rings. The van der Waals surface area contributed by atoms with Crippen molar-refractivity contribution in [1.29, 1.82) is 0 Å². The largest absolute Gasteiger partial charge is 0.465 e. The quantitative estimate of drug-likeness (QED) is 0.796. The molecule has 1 aromatic carbocycles. The zero-order chi connectivity index (χ0) is 15.3. The third-order valence-electron chi connectivity index (χ3n) is 2.30. The zero-order valence-corrected chi connectivity index (χ0v) is 12.8. The van der Waals surface area contributed by atoms with Crippen molar-refractivity contribution in [2.45, 2.75) is 19.1 Å². The molecule has 1 N–H and O–H groups in total. The molecule has 0 amide bonds. The van der Waals surface area contributed by atoms with Crippen molar-refractivity contribution in [1.82, 2.24) is 5.32 Å². The number of carbonyl (C=O) groups excluding carboxylic acids is 1. The number of halogens is 5. The van der Waals surface area contributed by atoms with Crippen LogP contribution < -0.4 is 5.32 Å². The van der Waals surface area contributed by atoms with Gasteiger partial charge in [-0.15, -0.1) is 0 Å². The van der Waals surface area contributed by atoms with Crippen LogP contribution in [0.5, 0.6) is 0 Å². The minimum atomic E-state index is -4.43. The van der Waals surface area contributed by atoms with E-state index in [0.717, 1.165) is 0 Å². The third-order valence-corrected chi connectivity index (χ3v) is 3.22. The second-order valence-electron chi connectivity index (χ2n) is 3.85. The van der Waals surface area contributed by atoms with Crippen LogP contribution in [0.4, 0.5) is 13.2 Å². The van der Waals surface area contributed by atoms with Gasteiger partial charge in [0.15, 0.2) is 0 Å². The lowest BCUT2D eigenvalue weighted by Crippen LogP contribution is -2.37. The molecule has 1 unspecified atom stereocenters. The maximum atomic E-state index is 12.3. The summed E-state index contributed by atoms with van der Waals surface area (Å²) in [6, 6.07) is 3.24. The molecule has 112 valence electrons. The number of carbonyl (C=O) groups is 1. The van der Waals surface area contributed by atoms with Gasteiger partial charge in [-0.05, 0) is 24.6 Å². The van der Waals surface area contributed by atoms with Crippen molar-refractivity contribution in [3.8, 4) is 0 Å². The highest BCUT2D eigenvalue weighted by molar-refractivity contribution is 9.10. The van der Waals surface area contributed by atoms with Gasteiger partial charge in [0.1, 0.15) is 6.04 Å². The Labute approximate surface area is 127 Å². The number of ether oxygens (including phenoxy) is 1. The average molecular weight is 375 g/mol. The number of hydrogen-bond donors (Lipinski definition) is 1. The topological polar surface area (TPSA) is 38.3 Å². The summed E-state index contributed by atoms with van der Waals surface area (Å²) < 4.78 is 42.1. The molecule has 1 atom stereocenters. The number of benzene rings is 1. The number of rotatable bonds is 5. The van der Waals surface area contributed by atoms with Gasteiger partial charge in [0.25, 0.3) is 0 Å². The van der Waals surface area contributed by atoms with E-state index < -0.39 is 24.7 Å². The summed E-state index contributed by atoms with van der Waals surface area (Å²) in [5, 5.41) is 2.55. The Balaban J connectivity index is 3.00. The summed E-state index contributed by atoms with van der Waals surface area (Å²) in [4.78, 5) is 11.8. The highest BCUT2D eigenvalue weighted by Gasteiger charge is 2.32. The smallest absolute Gasteiger partial charge is 0.401 e. The minimum absolute atomic E-state index is 0.0776. The monoisotopic (exact) mass is 373 g/mol. The van der Waals surface area contributed by atoms with E-state index in [9.17, 15) is 18.0 Å². The van der Waals surface area contributed by atoms with Gasteiger partial charge in [0, 0.05) is 9.50 Å². The molecular formula is C12H12BrClF3NO2. The number of nitrogens with one attached hydrogen (secondary N) is 1. The van der Waals surface area contributed by atoms with Crippen LogP contribution in [0.15, 0.2) is 22.7 Å². The molecule has 0 spiro atoms. The summed E-state index contributed by atoms with van der Waals surface area (Å²) in [6.45, 7) is 0.357. The summed E-state index contributed by atoms with van der Waals surface area (Å²) in [5.74, 6) is -0.778. The van der Waals surface area contributed by atoms with E-state index in [4.69, 9.17) is 16.3 Å². The lowest BCUT2D eigenvalue weighted by molar-refractivity contribution is -0.149. The van der Waals surface area contributed by atoms with Crippen molar-refractivity contribution in [2.75, 3.05) is 13.2 Å². The predicted molar refractivity (Wildman–Crippen MR) is 72.6 cm³/mol. The van der Waals surface area contributed by atoms with E-state index in [1.54, 1.807) is 6.92 Å². The van der Waals surface area contributed by atoms with Gasteiger partial charge in [-0.3, -0.25) is 5.32 Å². The maximum absolute atomic E-state index is 12.3. The number of hydrogen-bond acceptors (Lipinski definition) is 3. The van der Waals surface area contributed by atoms with Crippen LogP contribution in [0.2, 0.25) is 5.02 Å². The Hall–Kier alpha value is -0.790. The molecule has 3 nitrogen and oxygen atoms in total. The maximum Gasteiger partial charge on any atom is 0.401 e. The Morgan fingerprint density at radius 3 is 2.65 bits per heavy atom. The molecule has 1 aromatic rings. The molecule has 1 rings (SSSR count). The first-order valence-corrected chi connectivity index (χ1v) is 6.83. The Bertz CT molecular complexity index is 482. The molecular weight excluding hydrogens is 362 g/mol. The number of esters is 1. The first kappa shape index (κ1) is 17.3. The third kappa shape index (κ3) is 5.30. The molecule has 0 aromatic heterocycles. The lowest BCUT2D eigenvalue weighted by Gasteiger charge is -2.20. The van der Waals surface area contributed by atoms with Crippen LogP contribution in [0.3, 0.4) is 0 Å². The fraction of sp³-hybridized carbons (Fsp3) is 0.417. The number of alkyl halides is 3. The van der Waals surface area contributed by atoms with Gasteiger partial charge >= 0.3 is 12.1 Å². The van der Waals surface area contributed by atoms with Crippen LogP contribution in [-0.4, -0.2) is 25.3 Å². The van der Waals surface area contributed by atoms with Gasteiger partial charge in [0.05, 0.1) is 13.2 Å². The van der Waals surface area contributed by atoms with Crippen LogP contribution >= 0.6 is 27.5 Å². The SMILES string of the molecule is CCOC(=O)C(NCC(F)(F)F)c1ccc(Cl)cc1Br. The van der Waals surface area contributed by atoms with Crippen molar-refractivity contribution in [2.24, 2.45) is 0 Å². The first-order chi connectivity index (χ1) is 9.24. The zero-order valence-electron chi connectivity index (χ0n) is 10.4. The summed E-state index contributed by atoms with van der Waals surface area (Å²) in [5.41, 5.74) is 0.331. The van der Waals surface area contributed by atoms with Crippen molar-refractivity contribution in [3.63, 3.8) is 0 Å². The summed E-state index contributed by atoms with van der Waals surface area (Å²) in [7, 11) is 0. The second-order valence-corrected chi connectivity index (χ2v) is 5.14. The molecule has 0 aliphatic heterocycles. The Morgan fingerprint density at radius 1 is 1.50 bits per heavy atom. The molecule has 0 saturated carbocycles. The first-order valence-electron chi connectivity index (χ1n) is 5.66. The van der Waals surface area contributed by atoms with Gasteiger partial charge in [-0.1, -0.05) is 33.6 Å². The Kier molecular flexibility index (Phi) is 6.29. The van der Waals surface area contributed by atoms with Crippen molar-refractivity contribution in [3.05, 3.63) is 33.3 Å². The van der Waals surface area contributed by atoms with Crippen LogP contribution in [0.25, 0.3) is 0 Å². The van der Waals surface area contributed by atoms with Gasteiger partial charge < -0.3 is 4.74 Å². The van der Waals surface area contributed by atoms with Gasteiger partial charge in [-0.2, -0.15) is 13.2 Å². The molecule has 0 fully saturated rings. The average Bonchev–Trinajstić information content (AvgIpc) is 2.30. The van der Waals surface area contributed by atoms with E-state index in [0.29, 0.717) is 15.1 Å². The van der Waals surface area contributed by atoms with Crippen LogP contribution in [0.1, 0.15) is 18.5 Å². The van der Waals surface area contributed by atoms with E-state index in [2.05, 4.69) is 21.2 Å². The summed E-state index contributed by atoms with van der Waals surface area (Å²) in [6.07, 6.45) is -4.43. The minimum Gasteiger partial charge on any atom is -0.465 e. The predicted octanol–water partition coefficient (Wildman–Crippen LogP) is 3.86. The van der Waals surface area contributed by atoms with E-state index in [-0.39, 0.29) is 6.61 Å². The van der Waals surface area contributed by atoms with Crippen molar-refractivity contribution >= 4 is 33.5 Å². The van der Waals surface area contributed by atoms with Crippen molar-refractivity contribution < 1.29 is 22.7 Å². The van der Waals surface area contributed by atoms with E-state index in [1.165, 1.54) is 18.2 Å². The standard InChI is InChI=1S/C12H12BrClF3NO2/c1-2-20-11(19)10(18-6-12(15,16)17)8-4-3-7(14)5-9(8)13/h3-5,10,18H,2,6H2,1H3. The molecule has 0 heterocycles. The molecule has 0 aliphatic carbocycles. The highest BCUT2D eigenvalue weighted by Crippen LogP contribution is 2.28. The molecule has 0 bridgehead atoms. The normalized spacial score (nSPS) is 13.1. The van der Waals surface area contributed by atoms with E-state index in [1.807, 2.05) is 0 Å². The molecule has 20 heavy (non-hydrogen) atoms. The van der Waals surface area contributed by atoms with E-state index >= 15 is 0 Å².